The van der Waals surface area contributed by atoms with Crippen LogP contribution in [0.2, 0.25) is 0 Å². The highest BCUT2D eigenvalue weighted by Gasteiger charge is 2.30. The molecule has 2 aromatic carbocycles. The Bertz CT molecular complexity index is 1370. The van der Waals surface area contributed by atoms with Crippen LogP contribution in [-0.4, -0.2) is 61.2 Å². The number of nitrogens with one attached hydrogen (secondary N) is 2. The molecule has 0 unspecified atom stereocenters. The van der Waals surface area contributed by atoms with Crippen LogP contribution in [0.1, 0.15) is 47.2 Å². The quantitative estimate of drug-likeness (QED) is 0.333. The zero-order chi connectivity index (χ0) is 26.3. The number of fused-ring (bicyclic) bond motifs is 1. The number of aromatic nitrogens is 2. The number of ether oxygens (including phenoxy) is 1. The van der Waals surface area contributed by atoms with Gasteiger partial charge in [0.25, 0.3) is 5.91 Å². The summed E-state index contributed by atoms with van der Waals surface area (Å²) in [5.41, 5.74) is 9.48. The fourth-order valence-electron chi connectivity index (χ4n) is 5.27. The third-order valence-electron chi connectivity index (χ3n) is 7.26. The smallest absolute Gasteiger partial charge is 0.260 e. The van der Waals surface area contributed by atoms with E-state index in [1.165, 1.54) is 26.0 Å². The minimum absolute atomic E-state index is 0.0643. The second kappa shape index (κ2) is 10.0. The van der Waals surface area contributed by atoms with Gasteiger partial charge in [0.15, 0.2) is 0 Å². The topological polar surface area (TPSA) is 110 Å². The van der Waals surface area contributed by atoms with Crippen LogP contribution in [0.4, 0.5) is 21.5 Å². The van der Waals surface area contributed by atoms with Crippen molar-refractivity contribution in [3.63, 3.8) is 0 Å². The molecule has 196 valence electrons. The Kier molecular flexibility index (Phi) is 6.76. The maximum Gasteiger partial charge on any atom is 0.260 e. The second-order valence-electron chi connectivity index (χ2n) is 9.95. The van der Waals surface area contributed by atoms with Crippen molar-refractivity contribution in [3.8, 4) is 5.75 Å². The first-order valence-corrected chi connectivity index (χ1v) is 12.7. The molecular formula is C27H34FN7O2. The summed E-state index contributed by atoms with van der Waals surface area (Å²) in [5, 5.41) is 11.8. The fraction of sp³-hybridized carbons (Fsp3) is 0.444. The summed E-state index contributed by atoms with van der Waals surface area (Å²) in [6, 6.07) is 4.31. The van der Waals surface area contributed by atoms with Gasteiger partial charge in [0.1, 0.15) is 11.6 Å². The summed E-state index contributed by atoms with van der Waals surface area (Å²) in [6.07, 6.45) is 7.90. The van der Waals surface area contributed by atoms with Gasteiger partial charge in [0.05, 0.1) is 35.3 Å². The van der Waals surface area contributed by atoms with E-state index in [0.717, 1.165) is 42.4 Å². The highest BCUT2D eigenvalue weighted by Crippen LogP contribution is 2.37. The number of carbonyl (C=O) groups excluding carboxylic acids is 1. The van der Waals surface area contributed by atoms with E-state index in [1.54, 1.807) is 24.0 Å². The summed E-state index contributed by atoms with van der Waals surface area (Å²) in [7, 11) is 4.98. The molecule has 0 radical (unpaired) electrons. The molecule has 0 bridgehead atoms. The highest BCUT2D eigenvalue weighted by atomic mass is 19.1. The largest absolute Gasteiger partial charge is 0.494 e. The van der Waals surface area contributed by atoms with E-state index in [2.05, 4.69) is 25.6 Å². The lowest BCUT2D eigenvalue weighted by Crippen LogP contribution is -2.43. The van der Waals surface area contributed by atoms with Gasteiger partial charge in [0.2, 0.25) is 0 Å². The molecule has 1 aliphatic heterocycles. The van der Waals surface area contributed by atoms with E-state index in [1.807, 2.05) is 20.2 Å². The maximum atomic E-state index is 15.5. The SMILES string of the molecule is CN=Cc1c(N2CCC(NC3CC3)CC2)cc(F)c(C(=O)Nc2cc3cn(C)nc3c(C)c2OC)c1N. The van der Waals surface area contributed by atoms with Crippen molar-refractivity contribution < 1.29 is 13.9 Å². The van der Waals surface area contributed by atoms with Crippen LogP contribution in [-0.2, 0) is 7.05 Å². The van der Waals surface area contributed by atoms with Gasteiger partial charge in [-0.25, -0.2) is 4.39 Å². The molecule has 1 saturated carbocycles. The number of hydrogen-bond donors (Lipinski definition) is 3. The number of aliphatic imine (C=N–C) groups is 1. The molecule has 2 aliphatic rings. The summed E-state index contributed by atoms with van der Waals surface area (Å²) >= 11 is 0. The molecule has 1 aliphatic carbocycles. The lowest BCUT2D eigenvalue weighted by atomic mass is 9.99. The zero-order valence-corrected chi connectivity index (χ0v) is 21.8. The number of anilines is 3. The summed E-state index contributed by atoms with van der Waals surface area (Å²) in [5.74, 6) is -0.858. The summed E-state index contributed by atoms with van der Waals surface area (Å²) < 4.78 is 22.8. The van der Waals surface area contributed by atoms with Gasteiger partial charge < -0.3 is 26.0 Å². The van der Waals surface area contributed by atoms with E-state index in [0.29, 0.717) is 34.8 Å². The summed E-state index contributed by atoms with van der Waals surface area (Å²) in [6.45, 7) is 3.43. The number of carbonyl (C=O) groups is 1. The number of halogens is 1. The Hall–Kier alpha value is -3.66. The standard InChI is InChI=1S/C27H34FN7O2/c1-15-25-16(14-34(3)33-25)11-21(26(15)37-4)32-27(36)23-20(28)12-22(19(13-30-2)24(23)29)35-9-7-18(8-10-35)31-17-5-6-17/h11-14,17-18,31H,5-10,29H2,1-4H3,(H,32,36). The van der Waals surface area contributed by atoms with Crippen molar-refractivity contribution in [3.05, 3.63) is 40.8 Å². The van der Waals surface area contributed by atoms with E-state index >= 15 is 4.39 Å². The van der Waals surface area contributed by atoms with Crippen LogP contribution < -0.4 is 26.0 Å². The first-order chi connectivity index (χ1) is 17.8. The highest BCUT2D eigenvalue weighted by molar-refractivity contribution is 6.13. The predicted molar refractivity (Wildman–Crippen MR) is 146 cm³/mol. The van der Waals surface area contributed by atoms with Crippen LogP contribution in [0.3, 0.4) is 0 Å². The number of amides is 1. The predicted octanol–water partition coefficient (Wildman–Crippen LogP) is 3.63. The van der Waals surface area contributed by atoms with Crippen molar-refractivity contribution in [1.82, 2.24) is 15.1 Å². The Balaban J connectivity index is 1.45. The third kappa shape index (κ3) is 4.85. The molecule has 1 saturated heterocycles. The van der Waals surface area contributed by atoms with Gasteiger partial charge in [-0.1, -0.05) is 0 Å². The first-order valence-electron chi connectivity index (χ1n) is 12.7. The third-order valence-corrected chi connectivity index (χ3v) is 7.26. The Morgan fingerprint density at radius 2 is 1.95 bits per heavy atom. The van der Waals surface area contributed by atoms with Crippen molar-refractivity contribution in [2.75, 3.05) is 43.2 Å². The molecule has 0 atom stereocenters. The van der Waals surface area contributed by atoms with E-state index in [-0.39, 0.29) is 11.3 Å². The molecular weight excluding hydrogens is 473 g/mol. The Labute approximate surface area is 215 Å². The molecule has 37 heavy (non-hydrogen) atoms. The molecule has 2 fully saturated rings. The monoisotopic (exact) mass is 507 g/mol. The second-order valence-corrected chi connectivity index (χ2v) is 9.95. The molecule has 1 aromatic heterocycles. The molecule has 0 spiro atoms. The number of nitrogen functional groups attached to an aromatic ring is 1. The number of nitrogens with two attached hydrogens (primary N) is 1. The van der Waals surface area contributed by atoms with Crippen molar-refractivity contribution in [2.45, 2.75) is 44.7 Å². The van der Waals surface area contributed by atoms with Gasteiger partial charge in [-0.3, -0.25) is 14.5 Å². The number of nitrogens with zero attached hydrogens (tertiary/aromatic N) is 4. The molecule has 4 N–H and O–H groups in total. The molecule has 1 amide bonds. The Morgan fingerprint density at radius 3 is 2.59 bits per heavy atom. The van der Waals surface area contributed by atoms with Gasteiger partial charge in [-0.2, -0.15) is 5.10 Å². The zero-order valence-electron chi connectivity index (χ0n) is 21.8. The number of hydrogen-bond acceptors (Lipinski definition) is 7. The van der Waals surface area contributed by atoms with E-state index in [4.69, 9.17) is 10.5 Å². The van der Waals surface area contributed by atoms with Crippen LogP contribution >= 0.6 is 0 Å². The van der Waals surface area contributed by atoms with Crippen LogP contribution in [0, 0.1) is 12.7 Å². The van der Waals surface area contributed by atoms with Gasteiger partial charge >= 0.3 is 0 Å². The molecule has 10 heteroatoms. The van der Waals surface area contributed by atoms with Crippen molar-refractivity contribution in [1.29, 1.82) is 0 Å². The molecule has 5 rings (SSSR count). The molecule has 2 heterocycles. The number of aryl methyl sites for hydroxylation is 2. The number of benzene rings is 2. The average Bonchev–Trinajstić information content (AvgIpc) is 3.60. The molecule has 9 nitrogen and oxygen atoms in total. The number of rotatable bonds is 7. The van der Waals surface area contributed by atoms with E-state index in [9.17, 15) is 4.79 Å². The van der Waals surface area contributed by atoms with Crippen molar-refractivity contribution in [2.24, 2.45) is 12.0 Å². The lowest BCUT2D eigenvalue weighted by molar-refractivity contribution is 0.102. The lowest BCUT2D eigenvalue weighted by Gasteiger charge is -2.35. The number of methoxy groups -OCH3 is 1. The summed E-state index contributed by atoms with van der Waals surface area (Å²) in [4.78, 5) is 19.7. The minimum Gasteiger partial charge on any atom is -0.494 e. The van der Waals surface area contributed by atoms with Crippen LogP contribution in [0.5, 0.6) is 5.75 Å². The fourth-order valence-corrected chi connectivity index (χ4v) is 5.27. The van der Waals surface area contributed by atoms with Crippen LogP contribution in [0.15, 0.2) is 23.3 Å². The van der Waals surface area contributed by atoms with Gasteiger partial charge in [-0.15, -0.1) is 0 Å². The maximum absolute atomic E-state index is 15.5. The molecule has 3 aromatic rings. The first kappa shape index (κ1) is 25.0. The number of piperidine rings is 1. The van der Waals surface area contributed by atoms with Crippen molar-refractivity contribution >= 4 is 40.1 Å². The minimum atomic E-state index is -0.672. The van der Waals surface area contributed by atoms with E-state index < -0.39 is 11.7 Å². The Morgan fingerprint density at radius 1 is 1.24 bits per heavy atom. The normalized spacial score (nSPS) is 16.6. The van der Waals surface area contributed by atoms with Gasteiger partial charge in [-0.05, 0) is 44.7 Å². The van der Waals surface area contributed by atoms with Gasteiger partial charge in [0, 0.05) is 68.2 Å². The average molecular weight is 508 g/mol. The van der Waals surface area contributed by atoms with Crippen LogP contribution in [0.25, 0.3) is 10.9 Å².